The average molecular weight is 289 g/mol. The van der Waals surface area contributed by atoms with Crippen LogP contribution in [0, 0.1) is 0 Å². The Bertz CT molecular complexity index is 817. The van der Waals surface area contributed by atoms with Crippen LogP contribution in [0.5, 0.6) is 0 Å². The smallest absolute Gasteiger partial charge is 0.279 e. The van der Waals surface area contributed by atoms with Crippen LogP contribution in [0.15, 0.2) is 29.1 Å². The molecule has 0 amide bonds. The lowest BCUT2D eigenvalue weighted by Gasteiger charge is -2.03. The van der Waals surface area contributed by atoms with Crippen molar-refractivity contribution in [2.24, 2.45) is 0 Å². The van der Waals surface area contributed by atoms with Crippen molar-refractivity contribution in [2.45, 2.75) is 19.8 Å². The van der Waals surface area contributed by atoms with Crippen molar-refractivity contribution in [1.82, 2.24) is 20.2 Å². The standard InChI is InChI=1S/C14H13ClN4O/c1-7(2)10-11-12(19-18-10)14(20)17-13(16-11)8-3-5-9(15)6-4-8/h3-7H,1-2H3,(H,18,19)(H,16,17,20). The summed E-state index contributed by atoms with van der Waals surface area (Å²) >= 11 is 5.87. The average Bonchev–Trinajstić information content (AvgIpc) is 2.84. The summed E-state index contributed by atoms with van der Waals surface area (Å²) in [6, 6.07) is 7.17. The maximum atomic E-state index is 12.1. The van der Waals surface area contributed by atoms with Crippen LogP contribution in [0.25, 0.3) is 22.4 Å². The number of hydrogen-bond donors (Lipinski definition) is 2. The van der Waals surface area contributed by atoms with Gasteiger partial charge in [-0.2, -0.15) is 5.10 Å². The summed E-state index contributed by atoms with van der Waals surface area (Å²) < 4.78 is 0. The Labute approximate surface area is 120 Å². The van der Waals surface area contributed by atoms with Crippen LogP contribution in [0.3, 0.4) is 0 Å². The topological polar surface area (TPSA) is 74.4 Å². The number of benzene rings is 1. The molecule has 3 aromatic rings. The molecule has 0 bridgehead atoms. The molecule has 0 radical (unpaired) electrons. The van der Waals surface area contributed by atoms with Gasteiger partial charge in [-0.1, -0.05) is 25.4 Å². The second kappa shape index (κ2) is 4.76. The fourth-order valence-electron chi connectivity index (χ4n) is 2.07. The molecule has 0 saturated carbocycles. The third-order valence-corrected chi connectivity index (χ3v) is 3.39. The van der Waals surface area contributed by atoms with E-state index in [0.717, 1.165) is 11.3 Å². The maximum absolute atomic E-state index is 12.1. The van der Waals surface area contributed by atoms with E-state index in [1.807, 2.05) is 26.0 Å². The quantitative estimate of drug-likeness (QED) is 0.761. The van der Waals surface area contributed by atoms with Crippen LogP contribution in [0.4, 0.5) is 0 Å². The maximum Gasteiger partial charge on any atom is 0.279 e. The molecule has 102 valence electrons. The van der Waals surface area contributed by atoms with Crippen molar-refractivity contribution in [3.63, 3.8) is 0 Å². The van der Waals surface area contributed by atoms with E-state index < -0.39 is 0 Å². The third-order valence-electron chi connectivity index (χ3n) is 3.13. The second-order valence-corrected chi connectivity index (χ2v) is 5.35. The number of fused-ring (bicyclic) bond motifs is 1. The lowest BCUT2D eigenvalue weighted by Crippen LogP contribution is -2.09. The van der Waals surface area contributed by atoms with E-state index in [4.69, 9.17) is 11.6 Å². The van der Waals surface area contributed by atoms with Gasteiger partial charge in [0.15, 0.2) is 5.52 Å². The minimum Gasteiger partial charge on any atom is -0.305 e. The van der Waals surface area contributed by atoms with Crippen LogP contribution in [0.1, 0.15) is 25.5 Å². The minimum atomic E-state index is -0.247. The Morgan fingerprint density at radius 2 is 1.85 bits per heavy atom. The summed E-state index contributed by atoms with van der Waals surface area (Å²) in [6.07, 6.45) is 0. The van der Waals surface area contributed by atoms with Gasteiger partial charge in [0.2, 0.25) is 0 Å². The minimum absolute atomic E-state index is 0.215. The first kappa shape index (κ1) is 12.9. The Morgan fingerprint density at radius 3 is 2.50 bits per heavy atom. The van der Waals surface area contributed by atoms with Gasteiger partial charge in [-0.15, -0.1) is 0 Å². The first-order chi connectivity index (χ1) is 9.56. The number of aromatic amines is 2. The molecule has 2 aromatic heterocycles. The number of H-pyrrole nitrogens is 2. The lowest BCUT2D eigenvalue weighted by atomic mass is 10.1. The number of hydrogen-bond acceptors (Lipinski definition) is 3. The number of aromatic nitrogens is 4. The Morgan fingerprint density at radius 1 is 1.15 bits per heavy atom. The molecule has 0 aliphatic rings. The molecule has 6 heteroatoms. The van der Waals surface area contributed by atoms with Crippen LogP contribution < -0.4 is 5.56 Å². The molecule has 20 heavy (non-hydrogen) atoms. The zero-order valence-electron chi connectivity index (χ0n) is 11.1. The van der Waals surface area contributed by atoms with Gasteiger partial charge in [0.05, 0.1) is 5.69 Å². The van der Waals surface area contributed by atoms with E-state index in [0.29, 0.717) is 21.9 Å². The van der Waals surface area contributed by atoms with Crippen molar-refractivity contribution >= 4 is 22.6 Å². The Balaban J connectivity index is 2.25. The molecule has 0 aliphatic heterocycles. The summed E-state index contributed by atoms with van der Waals surface area (Å²) in [5, 5.41) is 7.57. The molecule has 0 atom stereocenters. The van der Waals surface area contributed by atoms with E-state index in [2.05, 4.69) is 20.2 Å². The monoisotopic (exact) mass is 288 g/mol. The van der Waals surface area contributed by atoms with Gasteiger partial charge in [-0.25, -0.2) is 4.98 Å². The summed E-state index contributed by atoms with van der Waals surface area (Å²) in [5.41, 5.74) is 2.38. The van der Waals surface area contributed by atoms with Gasteiger partial charge in [-0.3, -0.25) is 9.89 Å². The summed E-state index contributed by atoms with van der Waals surface area (Å²) in [5.74, 6) is 0.731. The van der Waals surface area contributed by atoms with Crippen molar-refractivity contribution in [2.75, 3.05) is 0 Å². The van der Waals surface area contributed by atoms with Gasteiger partial charge in [-0.05, 0) is 30.2 Å². The molecule has 0 fully saturated rings. The molecule has 0 aliphatic carbocycles. The molecule has 5 nitrogen and oxygen atoms in total. The zero-order valence-corrected chi connectivity index (χ0v) is 11.8. The number of nitrogens with zero attached hydrogens (tertiary/aromatic N) is 2. The van der Waals surface area contributed by atoms with E-state index >= 15 is 0 Å². The first-order valence-electron chi connectivity index (χ1n) is 6.30. The Kier molecular flexibility index (Phi) is 3.06. The molecule has 2 heterocycles. The van der Waals surface area contributed by atoms with Crippen LogP contribution >= 0.6 is 11.6 Å². The van der Waals surface area contributed by atoms with Gasteiger partial charge >= 0.3 is 0 Å². The van der Waals surface area contributed by atoms with Crippen molar-refractivity contribution in [3.05, 3.63) is 45.3 Å². The predicted molar refractivity (Wildman–Crippen MR) is 79.0 cm³/mol. The molecule has 2 N–H and O–H groups in total. The van der Waals surface area contributed by atoms with Crippen LogP contribution in [0.2, 0.25) is 5.02 Å². The van der Waals surface area contributed by atoms with E-state index in [-0.39, 0.29) is 11.5 Å². The van der Waals surface area contributed by atoms with E-state index in [9.17, 15) is 4.79 Å². The zero-order chi connectivity index (χ0) is 14.3. The SMILES string of the molecule is CC(C)c1[nH]nc2c(=O)[nH]c(-c3ccc(Cl)cc3)nc12. The Hall–Kier alpha value is -2.14. The van der Waals surface area contributed by atoms with Crippen molar-refractivity contribution < 1.29 is 0 Å². The van der Waals surface area contributed by atoms with Crippen LogP contribution in [-0.4, -0.2) is 20.2 Å². The molecule has 0 spiro atoms. The molecular formula is C14H13ClN4O. The molecule has 3 rings (SSSR count). The van der Waals surface area contributed by atoms with E-state index in [1.165, 1.54) is 0 Å². The highest BCUT2D eigenvalue weighted by Gasteiger charge is 2.15. The number of rotatable bonds is 2. The largest absolute Gasteiger partial charge is 0.305 e. The lowest BCUT2D eigenvalue weighted by molar-refractivity contribution is 0.815. The van der Waals surface area contributed by atoms with Crippen LogP contribution in [-0.2, 0) is 0 Å². The predicted octanol–water partition coefficient (Wildman–Crippen LogP) is 3.09. The summed E-state index contributed by atoms with van der Waals surface area (Å²) in [4.78, 5) is 19.3. The highest BCUT2D eigenvalue weighted by atomic mass is 35.5. The van der Waals surface area contributed by atoms with Gasteiger partial charge in [0.25, 0.3) is 5.56 Å². The summed E-state index contributed by atoms with van der Waals surface area (Å²) in [6.45, 7) is 4.05. The van der Waals surface area contributed by atoms with E-state index in [1.54, 1.807) is 12.1 Å². The highest BCUT2D eigenvalue weighted by Crippen LogP contribution is 2.22. The van der Waals surface area contributed by atoms with Gasteiger partial charge in [0, 0.05) is 10.6 Å². The second-order valence-electron chi connectivity index (χ2n) is 4.91. The molecule has 1 aromatic carbocycles. The molecular weight excluding hydrogens is 276 g/mol. The van der Waals surface area contributed by atoms with Gasteiger partial charge in [0.1, 0.15) is 11.3 Å². The number of nitrogens with one attached hydrogen (secondary N) is 2. The molecule has 0 unspecified atom stereocenters. The van der Waals surface area contributed by atoms with Crippen molar-refractivity contribution in [1.29, 1.82) is 0 Å². The number of halogens is 1. The fourth-order valence-corrected chi connectivity index (χ4v) is 2.20. The fraction of sp³-hybridized carbons (Fsp3) is 0.214. The van der Waals surface area contributed by atoms with Crippen molar-refractivity contribution in [3.8, 4) is 11.4 Å². The normalized spacial score (nSPS) is 11.4. The van der Waals surface area contributed by atoms with Gasteiger partial charge < -0.3 is 4.98 Å². The summed E-state index contributed by atoms with van der Waals surface area (Å²) in [7, 11) is 0. The first-order valence-corrected chi connectivity index (χ1v) is 6.68. The molecule has 0 saturated heterocycles. The third kappa shape index (κ3) is 2.10. The highest BCUT2D eigenvalue weighted by molar-refractivity contribution is 6.30.